The predicted octanol–water partition coefficient (Wildman–Crippen LogP) is 2.07. The van der Waals surface area contributed by atoms with E-state index in [4.69, 9.17) is 19.5 Å². The quantitative estimate of drug-likeness (QED) is 0.665. The predicted molar refractivity (Wildman–Crippen MR) is 107 cm³/mol. The van der Waals surface area contributed by atoms with Crippen LogP contribution >= 0.6 is 0 Å². The Morgan fingerprint density at radius 1 is 1.12 bits per heavy atom. The summed E-state index contributed by atoms with van der Waals surface area (Å²) in [5, 5.41) is 9.51. The van der Waals surface area contributed by atoms with Gasteiger partial charge in [-0.15, -0.1) is 0 Å². The molecule has 0 fully saturated rings. The Bertz CT molecular complexity index is 529. The van der Waals surface area contributed by atoms with Crippen molar-refractivity contribution in [2.45, 2.75) is 77.8 Å². The van der Waals surface area contributed by atoms with Gasteiger partial charge in [-0.25, -0.2) is 18.9 Å². The number of nitrogens with one attached hydrogen (secondary N) is 1. The summed E-state index contributed by atoms with van der Waals surface area (Å²) in [6, 6.07) is -1.05. The molecule has 1 aliphatic heterocycles. The minimum atomic E-state index is -1.30. The van der Waals surface area contributed by atoms with E-state index in [1.807, 2.05) is 34.6 Å². The largest absolute Gasteiger partial charge is 0.480 e. The van der Waals surface area contributed by atoms with Crippen LogP contribution in [0.1, 0.15) is 54.9 Å². The molecule has 0 saturated heterocycles. The van der Waals surface area contributed by atoms with Crippen LogP contribution in [0.4, 0.5) is 0 Å². The fourth-order valence-corrected chi connectivity index (χ4v) is 3.38. The Labute approximate surface area is 160 Å². The first-order chi connectivity index (χ1) is 12.1. The van der Waals surface area contributed by atoms with Crippen molar-refractivity contribution in [3.05, 3.63) is 0 Å². The second kappa shape index (κ2) is 10.4. The zero-order valence-electron chi connectivity index (χ0n) is 17.1. The Balaban J connectivity index is 3.22. The molecule has 0 aromatic heterocycles. The normalized spacial score (nSPS) is 23.3. The number of aliphatic hydroxyl groups is 1. The van der Waals surface area contributed by atoms with Crippen molar-refractivity contribution in [2.75, 3.05) is 19.8 Å². The molecule has 7 nitrogen and oxygen atoms in total. The maximum Gasteiger partial charge on any atom is 0.211 e. The van der Waals surface area contributed by atoms with E-state index in [9.17, 15) is 9.32 Å². The summed E-state index contributed by atoms with van der Waals surface area (Å²) < 4.78 is 26.8. The molecule has 0 amide bonds. The average Bonchev–Trinajstić information content (AvgIpc) is 2.54. The Kier molecular flexibility index (Phi) is 9.19. The summed E-state index contributed by atoms with van der Waals surface area (Å²) in [6.07, 6.45) is 0.383. The zero-order chi connectivity index (χ0) is 19.9. The molecule has 0 bridgehead atoms. The van der Waals surface area contributed by atoms with Crippen molar-refractivity contribution in [3.8, 4) is 0 Å². The minimum Gasteiger partial charge on any atom is -0.480 e. The third kappa shape index (κ3) is 6.32. The Hall–Kier alpha value is -0.990. The molecule has 26 heavy (non-hydrogen) atoms. The van der Waals surface area contributed by atoms with Crippen molar-refractivity contribution in [1.29, 1.82) is 0 Å². The molecule has 0 saturated carbocycles. The fraction of sp³-hybridized carbons (Fsp3) is 0.889. The van der Waals surface area contributed by atoms with Gasteiger partial charge in [0.15, 0.2) is 0 Å². The van der Waals surface area contributed by atoms with Crippen LogP contribution in [0, 0.1) is 5.92 Å². The second-order valence-electron chi connectivity index (χ2n) is 7.55. The van der Waals surface area contributed by atoms with Crippen LogP contribution in [0.2, 0.25) is 0 Å². The van der Waals surface area contributed by atoms with Crippen LogP contribution in [0.25, 0.3) is 0 Å². The number of aliphatic hydroxyl groups excluding tert-OH is 1. The fourth-order valence-electron chi connectivity index (χ4n) is 2.51. The number of ether oxygens (including phenoxy) is 2. The molecule has 1 aliphatic rings. The first-order valence-corrected chi connectivity index (χ1v) is 10.5. The number of hydrogen-bond donors (Lipinski definition) is 2. The molecule has 0 spiro atoms. The Morgan fingerprint density at radius 3 is 2.04 bits per heavy atom. The lowest BCUT2D eigenvalue weighted by molar-refractivity contribution is 0.247. The topological polar surface area (TPSA) is 92.5 Å². The van der Waals surface area contributed by atoms with E-state index in [1.54, 1.807) is 0 Å². The number of hydrogen-bond acceptors (Lipinski definition) is 6. The van der Waals surface area contributed by atoms with Gasteiger partial charge in [0.2, 0.25) is 11.8 Å². The third-order valence-electron chi connectivity index (χ3n) is 3.89. The van der Waals surface area contributed by atoms with Crippen molar-refractivity contribution in [1.82, 2.24) is 4.72 Å². The van der Waals surface area contributed by atoms with Gasteiger partial charge in [-0.2, -0.15) is 0 Å². The van der Waals surface area contributed by atoms with E-state index in [-0.39, 0.29) is 24.6 Å². The van der Waals surface area contributed by atoms with Gasteiger partial charge >= 0.3 is 0 Å². The van der Waals surface area contributed by atoms with Gasteiger partial charge in [-0.1, -0.05) is 13.8 Å². The molecule has 1 rings (SSSR count). The lowest BCUT2D eigenvalue weighted by Crippen LogP contribution is -2.51. The second-order valence-corrected chi connectivity index (χ2v) is 9.55. The molecular weight excluding hydrogens is 354 g/mol. The summed E-state index contributed by atoms with van der Waals surface area (Å²) in [4.78, 5) is 9.50. The molecule has 4 atom stereocenters. The number of aliphatic imine (C=N–C) groups is 2. The van der Waals surface area contributed by atoms with Crippen molar-refractivity contribution in [2.24, 2.45) is 15.9 Å². The van der Waals surface area contributed by atoms with Gasteiger partial charge in [-0.05, 0) is 47.0 Å². The molecule has 1 heterocycles. The van der Waals surface area contributed by atoms with E-state index in [1.165, 1.54) is 0 Å². The summed E-state index contributed by atoms with van der Waals surface area (Å²) in [7, 11) is -1.30. The van der Waals surface area contributed by atoms with Crippen LogP contribution < -0.4 is 4.72 Å². The first kappa shape index (κ1) is 23.0. The van der Waals surface area contributed by atoms with Crippen molar-refractivity contribution in [3.63, 3.8) is 0 Å². The molecule has 0 aliphatic carbocycles. The lowest BCUT2D eigenvalue weighted by atomic mass is 10.00. The highest BCUT2D eigenvalue weighted by molar-refractivity contribution is 7.84. The zero-order valence-corrected chi connectivity index (χ0v) is 17.9. The van der Waals surface area contributed by atoms with E-state index < -0.39 is 21.8 Å². The lowest BCUT2D eigenvalue weighted by Gasteiger charge is -2.33. The highest BCUT2D eigenvalue weighted by Gasteiger charge is 2.37. The van der Waals surface area contributed by atoms with Crippen LogP contribution in [-0.4, -0.2) is 63.8 Å². The smallest absolute Gasteiger partial charge is 0.211 e. The van der Waals surface area contributed by atoms with E-state index in [0.29, 0.717) is 31.4 Å². The molecule has 0 radical (unpaired) electrons. The Morgan fingerprint density at radius 2 is 1.62 bits per heavy atom. The summed E-state index contributed by atoms with van der Waals surface area (Å²) in [5.41, 5.74) is 0. The van der Waals surface area contributed by atoms with Crippen LogP contribution in [0.5, 0.6) is 0 Å². The maximum absolute atomic E-state index is 12.6. The monoisotopic (exact) mass is 389 g/mol. The summed E-state index contributed by atoms with van der Waals surface area (Å²) >= 11 is 0. The van der Waals surface area contributed by atoms with Crippen LogP contribution in [-0.2, 0) is 20.5 Å². The van der Waals surface area contributed by atoms with E-state index in [2.05, 4.69) is 18.6 Å². The standard InChI is InChI=1S/C18H35N3O4S/c1-8-24-16-14(12(3)4)19-17(25-9-2)15(20-16)13(10-11-22)21-26(23)18(5,6)7/h12-15,21-22H,8-11H2,1-7H3/t13?,14-,15+,26+/m1/s1. The molecule has 1 unspecified atom stereocenters. The molecular formula is C18H35N3O4S. The van der Waals surface area contributed by atoms with Gasteiger partial charge < -0.3 is 14.6 Å². The van der Waals surface area contributed by atoms with Gasteiger partial charge in [0.05, 0.1) is 35.0 Å². The number of nitrogens with zero attached hydrogens (tertiary/aromatic N) is 2. The summed E-state index contributed by atoms with van der Waals surface area (Å²) in [6.45, 7) is 14.5. The molecule has 2 N–H and O–H groups in total. The molecule has 8 heteroatoms. The summed E-state index contributed by atoms with van der Waals surface area (Å²) in [5.74, 6) is 1.29. The maximum atomic E-state index is 12.6. The van der Waals surface area contributed by atoms with Crippen molar-refractivity contribution < 1.29 is 18.8 Å². The van der Waals surface area contributed by atoms with Crippen LogP contribution in [0.15, 0.2) is 9.98 Å². The SMILES string of the molecule is CCOC1=N[C@H](C(C)C)C(OCC)=N[C@H]1C(CCO)N[S@@](=O)C(C)(C)C. The first-order valence-electron chi connectivity index (χ1n) is 9.35. The highest BCUT2D eigenvalue weighted by Crippen LogP contribution is 2.22. The van der Waals surface area contributed by atoms with Crippen LogP contribution in [0.3, 0.4) is 0 Å². The minimum absolute atomic E-state index is 0.0536. The molecule has 0 aromatic carbocycles. The number of rotatable bonds is 8. The highest BCUT2D eigenvalue weighted by atomic mass is 32.2. The van der Waals surface area contributed by atoms with Gasteiger partial charge in [-0.3, -0.25) is 0 Å². The molecule has 0 aromatic rings. The van der Waals surface area contributed by atoms with E-state index >= 15 is 0 Å². The molecule has 152 valence electrons. The third-order valence-corrected chi connectivity index (χ3v) is 5.52. The van der Waals surface area contributed by atoms with E-state index in [0.717, 1.165) is 0 Å². The van der Waals surface area contributed by atoms with Crippen molar-refractivity contribution >= 4 is 22.8 Å². The average molecular weight is 390 g/mol. The van der Waals surface area contributed by atoms with Gasteiger partial charge in [0.25, 0.3) is 0 Å². The van der Waals surface area contributed by atoms with Gasteiger partial charge in [0, 0.05) is 6.61 Å². The van der Waals surface area contributed by atoms with Gasteiger partial charge in [0.1, 0.15) is 12.1 Å².